The maximum absolute atomic E-state index is 12.0. The molecule has 0 bridgehead atoms. The molecule has 142 valence electrons. The maximum Gasteiger partial charge on any atom is 0.159 e. The molecule has 0 radical (unpaired) electrons. The predicted octanol–water partition coefficient (Wildman–Crippen LogP) is 3.61. The van der Waals surface area contributed by atoms with Crippen LogP contribution < -0.4 is 15.8 Å². The number of nitrogen functional groups attached to an aromatic ring is 1. The van der Waals surface area contributed by atoms with E-state index in [1.807, 2.05) is 36.4 Å². The number of hydrogen-bond donors (Lipinski definition) is 3. The van der Waals surface area contributed by atoms with Crippen LogP contribution in [0.4, 0.5) is 0 Å². The van der Waals surface area contributed by atoms with Crippen LogP contribution in [0, 0.1) is 11.3 Å². The van der Waals surface area contributed by atoms with Crippen LogP contribution in [0.3, 0.4) is 0 Å². The molecule has 0 atom stereocenters. The molecule has 0 amide bonds. The van der Waals surface area contributed by atoms with Crippen molar-refractivity contribution in [2.24, 2.45) is 11.7 Å². The van der Waals surface area contributed by atoms with Crippen molar-refractivity contribution in [1.82, 2.24) is 5.32 Å². The summed E-state index contributed by atoms with van der Waals surface area (Å²) < 4.78 is 6.00. The number of rotatable bonds is 7. The highest BCUT2D eigenvalue weighted by molar-refractivity contribution is 5.97. The molecule has 0 aromatic heterocycles. The van der Waals surface area contributed by atoms with Crippen molar-refractivity contribution in [1.29, 1.82) is 5.41 Å². The number of ether oxygens (including phenoxy) is 1. The SMILES string of the molecule is CC(=O)c1cc(OCCC2CCNCC2)cc(-c2cccc(C(=N)N)c2)c1. The first kappa shape index (κ1) is 19.1. The Morgan fingerprint density at radius 1 is 1.15 bits per heavy atom. The minimum absolute atomic E-state index is 0.00257. The van der Waals surface area contributed by atoms with E-state index < -0.39 is 0 Å². The molecule has 2 aromatic carbocycles. The van der Waals surface area contributed by atoms with E-state index in [2.05, 4.69) is 5.32 Å². The molecule has 5 nitrogen and oxygen atoms in total. The Kier molecular flexibility index (Phi) is 6.24. The molecule has 3 rings (SSSR count). The number of nitrogens with two attached hydrogens (primary N) is 1. The predicted molar refractivity (Wildman–Crippen MR) is 109 cm³/mol. The molecule has 27 heavy (non-hydrogen) atoms. The van der Waals surface area contributed by atoms with Gasteiger partial charge < -0.3 is 15.8 Å². The van der Waals surface area contributed by atoms with Gasteiger partial charge in [-0.25, -0.2) is 0 Å². The highest BCUT2D eigenvalue weighted by Gasteiger charge is 2.13. The van der Waals surface area contributed by atoms with Gasteiger partial charge in [0.1, 0.15) is 11.6 Å². The van der Waals surface area contributed by atoms with Crippen LogP contribution >= 0.6 is 0 Å². The monoisotopic (exact) mass is 365 g/mol. The van der Waals surface area contributed by atoms with Gasteiger partial charge >= 0.3 is 0 Å². The lowest BCUT2D eigenvalue weighted by atomic mass is 9.95. The molecule has 0 spiro atoms. The smallest absolute Gasteiger partial charge is 0.159 e. The molecule has 0 saturated carbocycles. The number of Topliss-reactive ketones (excluding diaryl/α,β-unsaturated/α-hetero) is 1. The van der Waals surface area contributed by atoms with Gasteiger partial charge in [0, 0.05) is 11.1 Å². The minimum atomic E-state index is 0.00257. The third kappa shape index (κ3) is 5.17. The Labute approximate surface area is 160 Å². The van der Waals surface area contributed by atoms with Gasteiger partial charge in [-0.1, -0.05) is 18.2 Å². The van der Waals surface area contributed by atoms with Crippen LogP contribution in [0.25, 0.3) is 11.1 Å². The molecule has 1 saturated heterocycles. The lowest BCUT2D eigenvalue weighted by Crippen LogP contribution is -2.28. The number of piperidine rings is 1. The summed E-state index contributed by atoms with van der Waals surface area (Å²) in [7, 11) is 0. The number of carbonyl (C=O) groups excluding carboxylic acids is 1. The maximum atomic E-state index is 12.0. The van der Waals surface area contributed by atoms with Crippen molar-refractivity contribution >= 4 is 11.6 Å². The summed E-state index contributed by atoms with van der Waals surface area (Å²) in [6, 6.07) is 13.1. The Balaban J connectivity index is 1.79. The highest BCUT2D eigenvalue weighted by Crippen LogP contribution is 2.28. The Morgan fingerprint density at radius 2 is 1.89 bits per heavy atom. The Hall–Kier alpha value is -2.66. The molecular weight excluding hydrogens is 338 g/mol. The second kappa shape index (κ2) is 8.82. The van der Waals surface area contributed by atoms with Crippen LogP contribution in [-0.4, -0.2) is 31.3 Å². The zero-order valence-electron chi connectivity index (χ0n) is 15.8. The van der Waals surface area contributed by atoms with Crippen molar-refractivity contribution in [3.05, 3.63) is 53.6 Å². The largest absolute Gasteiger partial charge is 0.494 e. The fourth-order valence-electron chi connectivity index (χ4n) is 3.43. The van der Waals surface area contributed by atoms with Crippen LogP contribution in [0.15, 0.2) is 42.5 Å². The number of benzene rings is 2. The lowest BCUT2D eigenvalue weighted by Gasteiger charge is -2.22. The molecule has 0 aliphatic carbocycles. The third-order valence-corrected chi connectivity index (χ3v) is 5.07. The average molecular weight is 365 g/mol. The van der Waals surface area contributed by atoms with Gasteiger partial charge in [-0.05, 0) is 80.6 Å². The number of carbonyl (C=O) groups is 1. The van der Waals surface area contributed by atoms with Crippen LogP contribution in [0.5, 0.6) is 5.75 Å². The van der Waals surface area contributed by atoms with E-state index in [0.29, 0.717) is 29.4 Å². The van der Waals surface area contributed by atoms with Gasteiger partial charge in [-0.2, -0.15) is 0 Å². The quantitative estimate of drug-likeness (QED) is 0.397. The first-order chi connectivity index (χ1) is 13.0. The fraction of sp³-hybridized carbons (Fsp3) is 0.364. The van der Waals surface area contributed by atoms with E-state index in [-0.39, 0.29) is 11.6 Å². The van der Waals surface area contributed by atoms with Gasteiger partial charge in [0.15, 0.2) is 5.78 Å². The molecule has 1 aliphatic heterocycles. The van der Waals surface area contributed by atoms with Gasteiger partial charge in [0.2, 0.25) is 0 Å². The van der Waals surface area contributed by atoms with Crippen LogP contribution in [0.2, 0.25) is 0 Å². The first-order valence-electron chi connectivity index (χ1n) is 9.47. The third-order valence-electron chi connectivity index (χ3n) is 5.07. The standard InChI is InChI=1S/C22H27N3O2/c1-15(26)19-12-20(17-3-2-4-18(11-17)22(23)24)14-21(13-19)27-10-7-16-5-8-25-9-6-16/h2-4,11-14,16,25H,5-10H2,1H3,(H3,23,24). The van der Waals surface area contributed by atoms with Crippen LogP contribution in [-0.2, 0) is 0 Å². The van der Waals surface area contributed by atoms with Gasteiger partial charge in [-0.3, -0.25) is 10.2 Å². The topological polar surface area (TPSA) is 88.2 Å². The Bertz CT molecular complexity index is 826. The summed E-state index contributed by atoms with van der Waals surface area (Å²) in [5.74, 6) is 1.44. The molecule has 5 heteroatoms. The molecule has 2 aromatic rings. The van der Waals surface area contributed by atoms with E-state index in [1.165, 1.54) is 12.8 Å². The fourth-order valence-corrected chi connectivity index (χ4v) is 3.43. The minimum Gasteiger partial charge on any atom is -0.494 e. The van der Waals surface area contributed by atoms with Gasteiger partial charge in [0.25, 0.3) is 0 Å². The molecule has 4 N–H and O–H groups in total. The lowest BCUT2D eigenvalue weighted by molar-refractivity contribution is 0.101. The summed E-state index contributed by atoms with van der Waals surface area (Å²) in [5, 5.41) is 11.0. The van der Waals surface area contributed by atoms with Crippen molar-refractivity contribution < 1.29 is 9.53 Å². The summed E-state index contributed by atoms with van der Waals surface area (Å²) in [5.41, 5.74) is 8.69. The van der Waals surface area contributed by atoms with E-state index in [4.69, 9.17) is 15.9 Å². The van der Waals surface area contributed by atoms with E-state index in [1.54, 1.807) is 13.0 Å². The second-order valence-electron chi connectivity index (χ2n) is 7.13. The number of ketones is 1. The van der Waals surface area contributed by atoms with Crippen molar-refractivity contribution in [2.45, 2.75) is 26.2 Å². The molecule has 1 fully saturated rings. The summed E-state index contributed by atoms with van der Waals surface area (Å²) in [6.07, 6.45) is 3.42. The molecule has 1 aliphatic rings. The molecular formula is C22H27N3O2. The van der Waals surface area contributed by atoms with E-state index in [9.17, 15) is 4.79 Å². The average Bonchev–Trinajstić information content (AvgIpc) is 2.68. The molecule has 0 unspecified atom stereocenters. The highest BCUT2D eigenvalue weighted by atomic mass is 16.5. The normalized spacial score (nSPS) is 14.7. The van der Waals surface area contributed by atoms with E-state index >= 15 is 0 Å². The van der Waals surface area contributed by atoms with Gasteiger partial charge in [0.05, 0.1) is 6.61 Å². The van der Waals surface area contributed by atoms with Crippen molar-refractivity contribution in [3.8, 4) is 16.9 Å². The first-order valence-corrected chi connectivity index (χ1v) is 9.47. The number of amidine groups is 1. The van der Waals surface area contributed by atoms with Crippen LogP contribution in [0.1, 0.15) is 42.1 Å². The zero-order valence-corrected chi connectivity index (χ0v) is 15.8. The van der Waals surface area contributed by atoms with E-state index in [0.717, 1.165) is 30.6 Å². The Morgan fingerprint density at radius 3 is 2.59 bits per heavy atom. The summed E-state index contributed by atoms with van der Waals surface area (Å²) in [4.78, 5) is 12.0. The summed E-state index contributed by atoms with van der Waals surface area (Å²) >= 11 is 0. The zero-order chi connectivity index (χ0) is 19.2. The van der Waals surface area contributed by atoms with Crippen molar-refractivity contribution in [2.75, 3.05) is 19.7 Å². The van der Waals surface area contributed by atoms with Crippen molar-refractivity contribution in [3.63, 3.8) is 0 Å². The molecule has 1 heterocycles. The summed E-state index contributed by atoms with van der Waals surface area (Å²) in [6.45, 7) is 4.38. The second-order valence-corrected chi connectivity index (χ2v) is 7.13. The number of nitrogens with one attached hydrogen (secondary N) is 2. The van der Waals surface area contributed by atoms with Gasteiger partial charge in [-0.15, -0.1) is 0 Å². The number of hydrogen-bond acceptors (Lipinski definition) is 4.